The van der Waals surface area contributed by atoms with Gasteiger partial charge in [0, 0.05) is 6.20 Å². The Morgan fingerprint density at radius 2 is 2.16 bits per heavy atom. The summed E-state index contributed by atoms with van der Waals surface area (Å²) in [5.41, 5.74) is -0.534. The molecule has 6 nitrogen and oxygen atoms in total. The Kier molecular flexibility index (Phi) is 5.29. The number of hydrogen-bond donors (Lipinski definition) is 3. The minimum atomic E-state index is -1.25. The van der Waals surface area contributed by atoms with Crippen molar-refractivity contribution in [3.8, 4) is 0 Å². The van der Waals surface area contributed by atoms with E-state index in [2.05, 4.69) is 15.6 Å². The number of amides is 2. The minimum Gasteiger partial charge on any atom is -0.480 e. The van der Waals surface area contributed by atoms with Gasteiger partial charge in [0.1, 0.15) is 5.54 Å². The average Bonchev–Trinajstić information content (AvgIpc) is 2.37. The zero-order valence-electron chi connectivity index (χ0n) is 11.1. The number of nitrogens with one attached hydrogen (secondary N) is 2. The Bertz CT molecular complexity index is 436. The molecule has 0 saturated heterocycles. The van der Waals surface area contributed by atoms with E-state index in [1.54, 1.807) is 18.3 Å². The second-order valence-electron chi connectivity index (χ2n) is 4.52. The Balaban J connectivity index is 2.52. The molecule has 0 aromatic carbocycles. The van der Waals surface area contributed by atoms with E-state index in [1.165, 1.54) is 6.92 Å². The van der Waals surface area contributed by atoms with Gasteiger partial charge in [-0.2, -0.15) is 0 Å². The largest absolute Gasteiger partial charge is 0.480 e. The first-order valence-electron chi connectivity index (χ1n) is 6.17. The molecule has 1 heterocycles. The molecule has 1 atom stereocenters. The third-order valence-corrected chi connectivity index (χ3v) is 2.77. The molecule has 19 heavy (non-hydrogen) atoms. The molecule has 2 amide bonds. The molecule has 0 spiro atoms. The zero-order valence-corrected chi connectivity index (χ0v) is 11.1. The number of urea groups is 1. The van der Waals surface area contributed by atoms with Crippen molar-refractivity contribution in [3.63, 3.8) is 0 Å². The molecule has 0 saturated carbocycles. The normalized spacial score (nSPS) is 13.4. The molecule has 1 aromatic rings. The van der Waals surface area contributed by atoms with E-state index in [-0.39, 0.29) is 6.54 Å². The van der Waals surface area contributed by atoms with Crippen molar-refractivity contribution in [3.05, 3.63) is 30.1 Å². The van der Waals surface area contributed by atoms with Crippen molar-refractivity contribution >= 4 is 12.0 Å². The monoisotopic (exact) mass is 265 g/mol. The summed E-state index contributed by atoms with van der Waals surface area (Å²) in [5.74, 6) is -1.04. The fourth-order valence-electron chi connectivity index (χ4n) is 1.69. The molecule has 0 aliphatic carbocycles. The van der Waals surface area contributed by atoms with Crippen molar-refractivity contribution in [2.75, 3.05) is 0 Å². The third-order valence-electron chi connectivity index (χ3n) is 2.77. The number of carboxylic acids is 1. The number of pyridine rings is 1. The van der Waals surface area contributed by atoms with E-state index < -0.39 is 17.5 Å². The van der Waals surface area contributed by atoms with Crippen LogP contribution in [0.1, 0.15) is 32.4 Å². The molecule has 0 bridgehead atoms. The molecule has 1 unspecified atom stereocenters. The summed E-state index contributed by atoms with van der Waals surface area (Å²) in [6, 6.07) is 4.87. The highest BCUT2D eigenvalue weighted by molar-refractivity contribution is 5.85. The maximum atomic E-state index is 11.7. The first-order valence-corrected chi connectivity index (χ1v) is 6.17. The third kappa shape index (κ3) is 4.57. The van der Waals surface area contributed by atoms with Gasteiger partial charge in [0.05, 0.1) is 12.2 Å². The number of carboxylic acid groups (broad SMARTS) is 1. The van der Waals surface area contributed by atoms with Gasteiger partial charge >= 0.3 is 12.0 Å². The SMILES string of the molecule is CCCC(C)(NC(=O)NCc1ccccn1)C(=O)O. The predicted molar refractivity (Wildman–Crippen MR) is 70.6 cm³/mol. The number of hydrogen-bond acceptors (Lipinski definition) is 3. The highest BCUT2D eigenvalue weighted by Crippen LogP contribution is 2.12. The van der Waals surface area contributed by atoms with Gasteiger partial charge in [-0.25, -0.2) is 9.59 Å². The van der Waals surface area contributed by atoms with Crippen molar-refractivity contribution in [1.29, 1.82) is 0 Å². The summed E-state index contributed by atoms with van der Waals surface area (Å²) in [7, 11) is 0. The molecule has 104 valence electrons. The topological polar surface area (TPSA) is 91.3 Å². The van der Waals surface area contributed by atoms with Crippen LogP contribution in [0.4, 0.5) is 4.79 Å². The molecule has 0 aliphatic heterocycles. The number of nitrogens with zero attached hydrogens (tertiary/aromatic N) is 1. The van der Waals surface area contributed by atoms with Gasteiger partial charge in [0.25, 0.3) is 0 Å². The summed E-state index contributed by atoms with van der Waals surface area (Å²) in [6.07, 6.45) is 2.68. The van der Waals surface area contributed by atoms with Gasteiger partial charge in [-0.05, 0) is 25.5 Å². The number of carbonyl (C=O) groups excluding carboxylic acids is 1. The number of carbonyl (C=O) groups is 2. The van der Waals surface area contributed by atoms with Crippen LogP contribution in [-0.2, 0) is 11.3 Å². The molecule has 0 radical (unpaired) electrons. The minimum absolute atomic E-state index is 0.258. The highest BCUT2D eigenvalue weighted by Gasteiger charge is 2.33. The van der Waals surface area contributed by atoms with Gasteiger partial charge in [-0.15, -0.1) is 0 Å². The molecule has 0 fully saturated rings. The van der Waals surface area contributed by atoms with Crippen LogP contribution in [0, 0.1) is 0 Å². The van der Waals surface area contributed by atoms with Gasteiger partial charge in [0.2, 0.25) is 0 Å². The first kappa shape index (κ1) is 14.9. The Hall–Kier alpha value is -2.11. The quantitative estimate of drug-likeness (QED) is 0.727. The standard InChI is InChI=1S/C13H19N3O3/c1-3-7-13(2,11(17)18)16-12(19)15-9-10-6-4-5-8-14-10/h4-6,8H,3,7,9H2,1-2H3,(H,17,18)(H2,15,16,19). The number of rotatable bonds is 6. The lowest BCUT2D eigenvalue weighted by Crippen LogP contribution is -2.55. The lowest BCUT2D eigenvalue weighted by molar-refractivity contribution is -0.144. The maximum absolute atomic E-state index is 11.7. The van der Waals surface area contributed by atoms with Crippen LogP contribution in [0.3, 0.4) is 0 Å². The molecular weight excluding hydrogens is 246 g/mol. The van der Waals surface area contributed by atoms with Crippen LogP contribution in [0.25, 0.3) is 0 Å². The van der Waals surface area contributed by atoms with E-state index in [1.807, 2.05) is 13.0 Å². The summed E-state index contributed by atoms with van der Waals surface area (Å²) in [6.45, 7) is 3.63. The Morgan fingerprint density at radius 1 is 1.42 bits per heavy atom. The zero-order chi connectivity index (χ0) is 14.3. The van der Waals surface area contributed by atoms with Crippen LogP contribution < -0.4 is 10.6 Å². The van der Waals surface area contributed by atoms with E-state index in [0.29, 0.717) is 18.5 Å². The highest BCUT2D eigenvalue weighted by atomic mass is 16.4. The van der Waals surface area contributed by atoms with E-state index in [9.17, 15) is 9.59 Å². The van der Waals surface area contributed by atoms with Gasteiger partial charge < -0.3 is 15.7 Å². The summed E-state index contributed by atoms with van der Waals surface area (Å²) in [5, 5.41) is 14.2. The molecule has 3 N–H and O–H groups in total. The molecule has 0 aliphatic rings. The fraction of sp³-hybridized carbons (Fsp3) is 0.462. The van der Waals surface area contributed by atoms with Crippen LogP contribution in [0.5, 0.6) is 0 Å². The van der Waals surface area contributed by atoms with Crippen molar-refractivity contribution in [2.24, 2.45) is 0 Å². The van der Waals surface area contributed by atoms with Crippen LogP contribution in [0.15, 0.2) is 24.4 Å². The summed E-state index contributed by atoms with van der Waals surface area (Å²) < 4.78 is 0. The fourth-order valence-corrected chi connectivity index (χ4v) is 1.69. The van der Waals surface area contributed by atoms with Crippen LogP contribution in [-0.4, -0.2) is 27.6 Å². The lowest BCUT2D eigenvalue weighted by atomic mass is 9.97. The Morgan fingerprint density at radius 3 is 2.68 bits per heavy atom. The van der Waals surface area contributed by atoms with Crippen molar-refractivity contribution in [1.82, 2.24) is 15.6 Å². The average molecular weight is 265 g/mol. The van der Waals surface area contributed by atoms with Crippen molar-refractivity contribution < 1.29 is 14.7 Å². The predicted octanol–water partition coefficient (Wildman–Crippen LogP) is 1.52. The maximum Gasteiger partial charge on any atom is 0.329 e. The first-order chi connectivity index (χ1) is 8.98. The molecule has 1 rings (SSSR count). The van der Waals surface area contributed by atoms with Gasteiger partial charge in [-0.1, -0.05) is 19.4 Å². The summed E-state index contributed by atoms with van der Waals surface area (Å²) in [4.78, 5) is 26.9. The van der Waals surface area contributed by atoms with Crippen LogP contribution in [0.2, 0.25) is 0 Å². The molecule has 1 aromatic heterocycles. The van der Waals surface area contributed by atoms with Crippen molar-refractivity contribution in [2.45, 2.75) is 38.8 Å². The van der Waals surface area contributed by atoms with E-state index in [0.717, 1.165) is 0 Å². The number of aliphatic carboxylic acids is 1. The molecule has 6 heteroatoms. The second kappa shape index (κ2) is 6.72. The lowest BCUT2D eigenvalue weighted by Gasteiger charge is -2.25. The number of aromatic nitrogens is 1. The van der Waals surface area contributed by atoms with Gasteiger partial charge in [-0.3, -0.25) is 4.98 Å². The van der Waals surface area contributed by atoms with E-state index >= 15 is 0 Å². The summed E-state index contributed by atoms with van der Waals surface area (Å²) >= 11 is 0. The van der Waals surface area contributed by atoms with Crippen LogP contribution >= 0.6 is 0 Å². The molecular formula is C13H19N3O3. The Labute approximate surface area is 112 Å². The van der Waals surface area contributed by atoms with E-state index in [4.69, 9.17) is 5.11 Å². The van der Waals surface area contributed by atoms with Gasteiger partial charge in [0.15, 0.2) is 0 Å². The smallest absolute Gasteiger partial charge is 0.329 e. The second-order valence-corrected chi connectivity index (χ2v) is 4.52.